The van der Waals surface area contributed by atoms with Crippen molar-refractivity contribution in [1.29, 1.82) is 0 Å². The lowest BCUT2D eigenvalue weighted by atomic mass is 9.97. The molecule has 1 aliphatic heterocycles. The van der Waals surface area contributed by atoms with Crippen LogP contribution >= 0.6 is 11.3 Å². The second-order valence-corrected chi connectivity index (χ2v) is 5.76. The van der Waals surface area contributed by atoms with Crippen molar-refractivity contribution in [3.63, 3.8) is 0 Å². The van der Waals surface area contributed by atoms with Crippen LogP contribution in [0.2, 0.25) is 0 Å². The number of hydrogen-bond donors (Lipinski definition) is 1. The van der Waals surface area contributed by atoms with Crippen LogP contribution in [0.15, 0.2) is 11.6 Å². The Balaban J connectivity index is 1.63. The fraction of sp³-hybridized carbons (Fsp3) is 0.692. The quantitative estimate of drug-likeness (QED) is 0.806. The zero-order valence-electron chi connectivity index (χ0n) is 10.5. The fourth-order valence-electron chi connectivity index (χ4n) is 2.45. The van der Waals surface area contributed by atoms with Gasteiger partial charge in [-0.2, -0.15) is 0 Å². The van der Waals surface area contributed by atoms with Crippen LogP contribution in [-0.2, 0) is 4.79 Å². The normalized spacial score (nSPS) is 18.0. The van der Waals surface area contributed by atoms with Gasteiger partial charge in [0.25, 0.3) is 0 Å². The van der Waals surface area contributed by atoms with Crippen molar-refractivity contribution in [3.8, 4) is 0 Å². The Labute approximate surface area is 112 Å². The average Bonchev–Trinajstić information content (AvgIpc) is 2.89. The first-order chi connectivity index (χ1) is 8.75. The molecule has 2 rings (SSSR count). The number of piperidine rings is 1. The van der Waals surface area contributed by atoms with E-state index in [0.717, 1.165) is 32.5 Å². The predicted octanol–water partition coefficient (Wildman–Crippen LogP) is 2.58. The van der Waals surface area contributed by atoms with Crippen LogP contribution in [0.25, 0.3) is 0 Å². The van der Waals surface area contributed by atoms with Gasteiger partial charge in [0.1, 0.15) is 0 Å². The molecule has 0 aromatic carbocycles. The minimum Gasteiger partial charge on any atom is -0.481 e. The summed E-state index contributed by atoms with van der Waals surface area (Å²) >= 11 is 1.76. The number of likely N-dealkylation sites (tertiary alicyclic amines) is 1. The van der Waals surface area contributed by atoms with Gasteiger partial charge < -0.3 is 10.0 Å². The van der Waals surface area contributed by atoms with Gasteiger partial charge in [-0.3, -0.25) is 4.79 Å². The highest BCUT2D eigenvalue weighted by Gasteiger charge is 2.21. The largest absolute Gasteiger partial charge is 0.481 e. The van der Waals surface area contributed by atoms with Crippen molar-refractivity contribution in [3.05, 3.63) is 16.6 Å². The topological polar surface area (TPSA) is 53.4 Å². The van der Waals surface area contributed by atoms with Crippen LogP contribution in [0.5, 0.6) is 0 Å². The summed E-state index contributed by atoms with van der Waals surface area (Å²) in [5.74, 6) is -0.0438. The summed E-state index contributed by atoms with van der Waals surface area (Å²) in [7, 11) is 0. The molecule has 1 saturated heterocycles. The van der Waals surface area contributed by atoms with Crippen molar-refractivity contribution in [1.82, 2.24) is 9.88 Å². The molecule has 2 heterocycles. The van der Waals surface area contributed by atoms with Crippen LogP contribution in [0.4, 0.5) is 0 Å². The van der Waals surface area contributed by atoms with Crippen molar-refractivity contribution in [2.75, 3.05) is 19.6 Å². The van der Waals surface area contributed by atoms with Crippen molar-refractivity contribution in [2.45, 2.75) is 38.0 Å². The molecular formula is C13H20N2O2S. The first-order valence-corrected chi connectivity index (χ1v) is 7.47. The van der Waals surface area contributed by atoms with Gasteiger partial charge in [0.2, 0.25) is 0 Å². The molecule has 18 heavy (non-hydrogen) atoms. The van der Waals surface area contributed by atoms with Gasteiger partial charge in [-0.25, -0.2) is 4.98 Å². The number of carboxylic acids is 1. The van der Waals surface area contributed by atoms with E-state index < -0.39 is 5.97 Å². The monoisotopic (exact) mass is 268 g/mol. The highest BCUT2D eigenvalue weighted by molar-refractivity contribution is 7.09. The molecule has 1 N–H and O–H groups in total. The minimum atomic E-state index is -0.683. The molecule has 0 radical (unpaired) electrons. The molecular weight excluding hydrogens is 248 g/mol. The van der Waals surface area contributed by atoms with E-state index in [9.17, 15) is 4.79 Å². The Kier molecular flexibility index (Phi) is 5.13. The molecule has 1 aromatic heterocycles. The van der Waals surface area contributed by atoms with E-state index in [-0.39, 0.29) is 0 Å². The molecule has 0 bridgehead atoms. The Morgan fingerprint density at radius 2 is 2.22 bits per heavy atom. The molecule has 0 saturated carbocycles. The number of carboxylic acid groups (broad SMARTS) is 1. The number of carbonyl (C=O) groups is 1. The molecule has 1 aromatic rings. The minimum absolute atomic E-state index is 0.301. The van der Waals surface area contributed by atoms with Gasteiger partial charge >= 0.3 is 5.97 Å². The molecule has 0 atom stereocenters. The van der Waals surface area contributed by atoms with Crippen LogP contribution in [-0.4, -0.2) is 40.6 Å². The van der Waals surface area contributed by atoms with E-state index in [0.29, 0.717) is 12.3 Å². The first-order valence-electron chi connectivity index (χ1n) is 6.59. The molecule has 0 aliphatic carbocycles. The van der Waals surface area contributed by atoms with Gasteiger partial charge in [-0.15, -0.1) is 11.3 Å². The molecule has 0 unspecified atom stereocenters. The molecule has 0 spiro atoms. The SMILES string of the molecule is O=C(O)CCCCN1CCC(c2nccs2)CC1. The predicted molar refractivity (Wildman–Crippen MR) is 72.0 cm³/mol. The first kappa shape index (κ1) is 13.5. The molecule has 5 heteroatoms. The second-order valence-electron chi connectivity index (χ2n) is 4.84. The Morgan fingerprint density at radius 3 is 2.83 bits per heavy atom. The number of aromatic nitrogens is 1. The van der Waals surface area contributed by atoms with Crippen LogP contribution in [0.3, 0.4) is 0 Å². The Hall–Kier alpha value is -0.940. The van der Waals surface area contributed by atoms with Crippen LogP contribution in [0, 0.1) is 0 Å². The summed E-state index contributed by atoms with van der Waals surface area (Å²) in [5, 5.41) is 11.9. The van der Waals surface area contributed by atoms with Gasteiger partial charge in [-0.05, 0) is 45.3 Å². The third-order valence-electron chi connectivity index (χ3n) is 3.50. The van der Waals surface area contributed by atoms with Gasteiger partial charge in [0.15, 0.2) is 0 Å². The Morgan fingerprint density at radius 1 is 1.44 bits per heavy atom. The van der Waals surface area contributed by atoms with Crippen LogP contribution in [0.1, 0.15) is 43.0 Å². The average molecular weight is 268 g/mol. The number of aliphatic carboxylic acids is 1. The van der Waals surface area contributed by atoms with Gasteiger partial charge in [0, 0.05) is 23.9 Å². The van der Waals surface area contributed by atoms with E-state index in [4.69, 9.17) is 5.11 Å². The lowest BCUT2D eigenvalue weighted by molar-refractivity contribution is -0.137. The molecule has 1 aliphatic rings. The highest BCUT2D eigenvalue weighted by atomic mass is 32.1. The maximum Gasteiger partial charge on any atom is 0.303 e. The standard InChI is InChI=1S/C13H20N2O2S/c16-12(17)3-1-2-7-15-8-4-11(5-9-15)13-14-6-10-18-13/h6,10-11H,1-5,7-9H2,(H,16,17). The molecule has 4 nitrogen and oxygen atoms in total. The number of rotatable bonds is 6. The lowest BCUT2D eigenvalue weighted by Gasteiger charge is -2.30. The maximum atomic E-state index is 10.4. The summed E-state index contributed by atoms with van der Waals surface area (Å²) in [6.07, 6.45) is 6.35. The summed E-state index contributed by atoms with van der Waals surface area (Å²) in [4.78, 5) is 17.3. The van der Waals surface area contributed by atoms with E-state index in [1.165, 1.54) is 17.8 Å². The van der Waals surface area contributed by atoms with E-state index in [1.807, 2.05) is 11.6 Å². The van der Waals surface area contributed by atoms with Crippen molar-refractivity contribution >= 4 is 17.3 Å². The molecule has 100 valence electrons. The number of hydrogen-bond acceptors (Lipinski definition) is 4. The second kappa shape index (κ2) is 6.85. The smallest absolute Gasteiger partial charge is 0.303 e. The fourth-order valence-corrected chi connectivity index (χ4v) is 3.26. The highest BCUT2D eigenvalue weighted by Crippen LogP contribution is 2.29. The molecule has 0 amide bonds. The number of thiazole rings is 1. The van der Waals surface area contributed by atoms with Crippen LogP contribution < -0.4 is 0 Å². The van der Waals surface area contributed by atoms with Crippen molar-refractivity contribution in [2.24, 2.45) is 0 Å². The number of nitrogens with zero attached hydrogens (tertiary/aromatic N) is 2. The van der Waals surface area contributed by atoms with E-state index >= 15 is 0 Å². The third-order valence-corrected chi connectivity index (χ3v) is 4.44. The molecule has 1 fully saturated rings. The summed E-state index contributed by atoms with van der Waals surface area (Å²) in [5.41, 5.74) is 0. The maximum absolute atomic E-state index is 10.4. The number of unbranched alkanes of at least 4 members (excludes halogenated alkanes) is 1. The zero-order valence-corrected chi connectivity index (χ0v) is 11.4. The van der Waals surface area contributed by atoms with E-state index in [1.54, 1.807) is 11.3 Å². The summed E-state index contributed by atoms with van der Waals surface area (Å²) in [6.45, 7) is 3.28. The summed E-state index contributed by atoms with van der Waals surface area (Å²) < 4.78 is 0. The Bertz CT molecular complexity index is 359. The zero-order chi connectivity index (χ0) is 12.8. The third kappa shape index (κ3) is 4.07. The lowest BCUT2D eigenvalue weighted by Crippen LogP contribution is -2.33. The van der Waals surface area contributed by atoms with Crippen molar-refractivity contribution < 1.29 is 9.90 Å². The van der Waals surface area contributed by atoms with E-state index in [2.05, 4.69) is 9.88 Å². The summed E-state index contributed by atoms with van der Waals surface area (Å²) in [6, 6.07) is 0. The van der Waals surface area contributed by atoms with Gasteiger partial charge in [-0.1, -0.05) is 0 Å². The van der Waals surface area contributed by atoms with Gasteiger partial charge in [0.05, 0.1) is 5.01 Å².